The Labute approximate surface area is 158 Å². The number of hydrogen-bond acceptors (Lipinski definition) is 5. The molecular formula is C20H27N3O4. The van der Waals surface area contributed by atoms with Crippen molar-refractivity contribution in [2.45, 2.75) is 50.0 Å². The van der Waals surface area contributed by atoms with Crippen LogP contribution in [0.4, 0.5) is 0 Å². The molecule has 7 heteroatoms. The molecule has 146 valence electrons. The van der Waals surface area contributed by atoms with E-state index in [1.54, 1.807) is 0 Å². The van der Waals surface area contributed by atoms with Crippen LogP contribution in [-0.4, -0.2) is 48.3 Å². The first-order chi connectivity index (χ1) is 13.1. The van der Waals surface area contributed by atoms with Gasteiger partial charge in [0.05, 0.1) is 25.9 Å². The molecule has 0 aromatic carbocycles. The largest absolute Gasteiger partial charge is 0.376 e. The molecule has 1 amide bonds. The summed E-state index contributed by atoms with van der Waals surface area (Å²) >= 11 is 0. The summed E-state index contributed by atoms with van der Waals surface area (Å²) < 4.78 is 10.8. The quantitative estimate of drug-likeness (QED) is 0.832. The standard InChI is InChI=1S/C20H27N3O4/c24-17(21-9-15-11-26-1-2-27-15)16-10-22-19(23-18(16)25)20-6-12-3-13(7-20)5-14(4-12)8-20/h10,12-15H,1-9,11H2,(H,21,24)(H,22,23,25). The Balaban J connectivity index is 1.31. The predicted molar refractivity (Wildman–Crippen MR) is 97.6 cm³/mol. The Morgan fingerprint density at radius 1 is 1.19 bits per heavy atom. The van der Waals surface area contributed by atoms with Crippen LogP contribution in [0, 0.1) is 17.8 Å². The number of nitrogens with zero attached hydrogens (tertiary/aromatic N) is 1. The second-order valence-corrected chi connectivity index (χ2v) is 8.95. The number of carbonyl (C=O) groups is 1. The summed E-state index contributed by atoms with van der Waals surface area (Å²) in [5.41, 5.74) is -0.245. The molecule has 1 aromatic heterocycles. The smallest absolute Gasteiger partial charge is 0.263 e. The van der Waals surface area contributed by atoms with Crippen molar-refractivity contribution in [3.05, 3.63) is 27.9 Å². The molecule has 27 heavy (non-hydrogen) atoms. The molecule has 7 nitrogen and oxygen atoms in total. The first-order valence-electron chi connectivity index (χ1n) is 10.2. The van der Waals surface area contributed by atoms with Gasteiger partial charge in [-0.05, 0) is 56.3 Å². The summed E-state index contributed by atoms with van der Waals surface area (Å²) in [6, 6.07) is 0. The van der Waals surface area contributed by atoms with E-state index in [0.29, 0.717) is 26.4 Å². The summed E-state index contributed by atoms with van der Waals surface area (Å²) in [6.07, 6.45) is 8.72. The number of H-pyrrole nitrogens is 1. The van der Waals surface area contributed by atoms with E-state index in [4.69, 9.17) is 9.47 Å². The molecule has 5 fully saturated rings. The molecule has 1 saturated heterocycles. The van der Waals surface area contributed by atoms with Gasteiger partial charge in [0.15, 0.2) is 0 Å². The van der Waals surface area contributed by atoms with Crippen molar-refractivity contribution in [2.24, 2.45) is 17.8 Å². The van der Waals surface area contributed by atoms with Crippen molar-refractivity contribution < 1.29 is 14.3 Å². The van der Waals surface area contributed by atoms with Gasteiger partial charge in [0.1, 0.15) is 11.4 Å². The molecule has 1 aromatic rings. The normalized spacial score (nSPS) is 37.3. The number of aromatic amines is 1. The monoisotopic (exact) mass is 373 g/mol. The molecule has 4 aliphatic carbocycles. The van der Waals surface area contributed by atoms with Gasteiger partial charge in [-0.25, -0.2) is 4.98 Å². The zero-order chi connectivity index (χ0) is 18.4. The third-order valence-corrected chi connectivity index (χ3v) is 6.96. The zero-order valence-corrected chi connectivity index (χ0v) is 15.5. The van der Waals surface area contributed by atoms with Crippen molar-refractivity contribution in [3.63, 3.8) is 0 Å². The van der Waals surface area contributed by atoms with Crippen LogP contribution >= 0.6 is 0 Å². The lowest BCUT2D eigenvalue weighted by molar-refractivity contribution is -0.0855. The molecule has 0 spiro atoms. The van der Waals surface area contributed by atoms with Gasteiger partial charge in [-0.15, -0.1) is 0 Å². The van der Waals surface area contributed by atoms with Gasteiger partial charge in [0, 0.05) is 18.2 Å². The molecule has 2 heterocycles. The number of carbonyl (C=O) groups excluding carboxylic acids is 1. The molecule has 0 radical (unpaired) electrons. The predicted octanol–water partition coefficient (Wildman–Crippen LogP) is 1.38. The van der Waals surface area contributed by atoms with E-state index >= 15 is 0 Å². The van der Waals surface area contributed by atoms with Gasteiger partial charge >= 0.3 is 0 Å². The highest BCUT2D eigenvalue weighted by Gasteiger charge is 2.52. The second-order valence-electron chi connectivity index (χ2n) is 8.95. The molecular weight excluding hydrogens is 346 g/mol. The maximum Gasteiger partial charge on any atom is 0.263 e. The van der Waals surface area contributed by atoms with Crippen LogP contribution in [-0.2, 0) is 14.9 Å². The van der Waals surface area contributed by atoms with Crippen molar-refractivity contribution in [1.82, 2.24) is 15.3 Å². The minimum atomic E-state index is -0.407. The molecule has 4 bridgehead atoms. The van der Waals surface area contributed by atoms with E-state index in [1.165, 1.54) is 25.5 Å². The number of nitrogens with one attached hydrogen (secondary N) is 2. The Hall–Kier alpha value is -1.73. The van der Waals surface area contributed by atoms with E-state index in [-0.39, 0.29) is 22.6 Å². The SMILES string of the molecule is O=C(NCC1COCCO1)c1cnc(C23CC4CC(CC(C4)C2)C3)[nH]c1=O. The zero-order valence-electron chi connectivity index (χ0n) is 15.5. The summed E-state index contributed by atoms with van der Waals surface area (Å²) in [5, 5.41) is 2.76. The minimum absolute atomic E-state index is 0.0240. The van der Waals surface area contributed by atoms with Crippen LogP contribution in [0.25, 0.3) is 0 Å². The van der Waals surface area contributed by atoms with Gasteiger partial charge in [-0.1, -0.05) is 0 Å². The Kier molecular flexibility index (Phi) is 4.31. The van der Waals surface area contributed by atoms with Crippen LogP contribution in [0.1, 0.15) is 54.7 Å². The van der Waals surface area contributed by atoms with Crippen LogP contribution in [0.5, 0.6) is 0 Å². The maximum absolute atomic E-state index is 12.6. The van der Waals surface area contributed by atoms with Gasteiger partial charge < -0.3 is 19.8 Å². The molecule has 4 saturated carbocycles. The molecule has 1 aliphatic heterocycles. The van der Waals surface area contributed by atoms with Gasteiger partial charge in [-0.3, -0.25) is 9.59 Å². The van der Waals surface area contributed by atoms with Crippen molar-refractivity contribution in [2.75, 3.05) is 26.4 Å². The number of amides is 1. The van der Waals surface area contributed by atoms with E-state index < -0.39 is 5.91 Å². The van der Waals surface area contributed by atoms with Gasteiger partial charge in [0.25, 0.3) is 11.5 Å². The first-order valence-corrected chi connectivity index (χ1v) is 10.2. The minimum Gasteiger partial charge on any atom is -0.376 e. The van der Waals surface area contributed by atoms with Crippen molar-refractivity contribution in [3.8, 4) is 0 Å². The highest BCUT2D eigenvalue weighted by Crippen LogP contribution is 2.59. The first kappa shape index (κ1) is 17.4. The number of ether oxygens (including phenoxy) is 2. The maximum atomic E-state index is 12.6. The summed E-state index contributed by atoms with van der Waals surface area (Å²) in [6.45, 7) is 1.90. The fourth-order valence-electron chi connectivity index (χ4n) is 6.18. The topological polar surface area (TPSA) is 93.3 Å². The Morgan fingerprint density at radius 3 is 2.48 bits per heavy atom. The molecule has 1 unspecified atom stereocenters. The number of hydrogen-bond donors (Lipinski definition) is 2. The van der Waals surface area contributed by atoms with E-state index in [0.717, 1.165) is 42.8 Å². The molecule has 6 rings (SSSR count). The highest BCUT2D eigenvalue weighted by molar-refractivity contribution is 5.93. The van der Waals surface area contributed by atoms with Gasteiger partial charge in [-0.2, -0.15) is 0 Å². The van der Waals surface area contributed by atoms with Crippen LogP contribution in [0.15, 0.2) is 11.0 Å². The lowest BCUT2D eigenvalue weighted by Gasteiger charge is -2.56. The van der Waals surface area contributed by atoms with Crippen LogP contribution in [0.2, 0.25) is 0 Å². The lowest BCUT2D eigenvalue weighted by atomic mass is 9.49. The summed E-state index contributed by atoms with van der Waals surface area (Å²) in [5.74, 6) is 2.73. The fourth-order valence-corrected chi connectivity index (χ4v) is 6.18. The highest BCUT2D eigenvalue weighted by atomic mass is 16.6. The third-order valence-electron chi connectivity index (χ3n) is 6.96. The Morgan fingerprint density at radius 2 is 1.89 bits per heavy atom. The summed E-state index contributed by atoms with van der Waals surface area (Å²) in [7, 11) is 0. The molecule has 1 atom stereocenters. The second kappa shape index (κ2) is 6.71. The molecule has 5 aliphatic rings. The molecule has 2 N–H and O–H groups in total. The van der Waals surface area contributed by atoms with Crippen molar-refractivity contribution >= 4 is 5.91 Å². The van der Waals surface area contributed by atoms with E-state index in [2.05, 4.69) is 15.3 Å². The van der Waals surface area contributed by atoms with Crippen molar-refractivity contribution in [1.29, 1.82) is 0 Å². The van der Waals surface area contributed by atoms with E-state index in [1.807, 2.05) is 0 Å². The fraction of sp³-hybridized carbons (Fsp3) is 0.750. The lowest BCUT2D eigenvalue weighted by Crippen LogP contribution is -2.50. The number of rotatable bonds is 4. The van der Waals surface area contributed by atoms with Gasteiger partial charge in [0.2, 0.25) is 0 Å². The average Bonchev–Trinajstić information content (AvgIpc) is 2.66. The van der Waals surface area contributed by atoms with Crippen LogP contribution in [0.3, 0.4) is 0 Å². The summed E-state index contributed by atoms with van der Waals surface area (Å²) in [4.78, 5) is 32.6. The Bertz CT molecular complexity index is 748. The average molecular weight is 373 g/mol. The third kappa shape index (κ3) is 3.21. The van der Waals surface area contributed by atoms with E-state index in [9.17, 15) is 9.59 Å². The van der Waals surface area contributed by atoms with Crippen LogP contribution < -0.4 is 10.9 Å². The number of aromatic nitrogens is 2.